The van der Waals surface area contributed by atoms with Gasteiger partial charge in [0, 0.05) is 70.0 Å². The van der Waals surface area contributed by atoms with Gasteiger partial charge in [-0.15, -0.1) is 5.53 Å². The Morgan fingerprint density at radius 2 is 1.67 bits per heavy atom. The van der Waals surface area contributed by atoms with Gasteiger partial charge in [-0.2, -0.15) is 5.26 Å². The van der Waals surface area contributed by atoms with Gasteiger partial charge in [-0.3, -0.25) is 9.80 Å². The fraction of sp³-hybridized carbons (Fsp3) is 0.808. The number of nitrogens with one attached hydrogen (secondary N) is 2. The summed E-state index contributed by atoms with van der Waals surface area (Å²) >= 11 is 0. The number of likely N-dealkylation sites (N-methyl/N-ethyl adjacent to an activating group) is 2. The Bertz CT molecular complexity index is 1960. The molecule has 4 aliphatic heterocycles. The third-order valence-corrected chi connectivity index (χ3v) is 16.0. The number of nitriles is 1. The summed E-state index contributed by atoms with van der Waals surface area (Å²) in [5.74, 6) is -2.87. The predicted octanol–water partition coefficient (Wildman–Crippen LogP) is 3.42. The molecule has 0 saturated carbocycles. The molecule has 1 aromatic rings. The second-order valence-corrected chi connectivity index (χ2v) is 21.8. The van der Waals surface area contributed by atoms with Gasteiger partial charge < -0.3 is 73.9 Å². The Morgan fingerprint density at radius 1 is 1.00 bits per heavy atom. The van der Waals surface area contributed by atoms with Crippen LogP contribution in [0.2, 0.25) is 0 Å². The first-order valence-corrected chi connectivity index (χ1v) is 25.6. The molecule has 3 fully saturated rings. The van der Waals surface area contributed by atoms with Crippen LogP contribution in [0.15, 0.2) is 36.2 Å². The lowest BCUT2D eigenvalue weighted by atomic mass is 9.77. The molecule has 0 unspecified atom stereocenters. The zero-order chi connectivity index (χ0) is 53.6. The van der Waals surface area contributed by atoms with Gasteiger partial charge in [0.15, 0.2) is 12.6 Å². The van der Waals surface area contributed by atoms with Crippen molar-refractivity contribution in [2.24, 2.45) is 17.8 Å². The van der Waals surface area contributed by atoms with E-state index in [1.54, 1.807) is 83.9 Å². The molecule has 19 nitrogen and oxygen atoms in total. The number of esters is 1. The van der Waals surface area contributed by atoms with E-state index in [0.29, 0.717) is 31.5 Å². The van der Waals surface area contributed by atoms with Crippen LogP contribution in [-0.4, -0.2) is 191 Å². The molecule has 7 N–H and O–H groups in total. The van der Waals surface area contributed by atoms with Gasteiger partial charge in [-0.25, -0.2) is 4.39 Å². The van der Waals surface area contributed by atoms with E-state index < -0.39 is 127 Å². The number of aliphatic hydroxyl groups excluding tert-OH is 3. The number of hydrogen-bond donors (Lipinski definition) is 7. The van der Waals surface area contributed by atoms with Crippen LogP contribution in [0.1, 0.15) is 119 Å². The van der Waals surface area contributed by atoms with E-state index in [0.717, 1.165) is 11.3 Å². The van der Waals surface area contributed by atoms with E-state index in [9.17, 15) is 40.0 Å². The number of aliphatic hydroxyl groups is 5. The minimum absolute atomic E-state index is 0.0842. The molecule has 410 valence electrons. The number of cyclic esters (lactones) is 1. The first kappa shape index (κ1) is 59.8. The van der Waals surface area contributed by atoms with Crippen LogP contribution in [0.25, 0.3) is 0 Å². The lowest BCUT2D eigenvalue weighted by Crippen LogP contribution is -2.61. The van der Waals surface area contributed by atoms with Gasteiger partial charge in [-0.05, 0) is 105 Å². The Labute approximate surface area is 426 Å². The summed E-state index contributed by atoms with van der Waals surface area (Å²) in [5.41, 5.74) is 3.57. The molecule has 0 radical (unpaired) electrons. The van der Waals surface area contributed by atoms with Crippen molar-refractivity contribution >= 4 is 5.97 Å². The van der Waals surface area contributed by atoms with Gasteiger partial charge in [-0.1, -0.05) is 32.9 Å². The van der Waals surface area contributed by atoms with E-state index in [4.69, 9.17) is 33.2 Å². The molecular weight excluding hydrogens is 936 g/mol. The molecule has 5 rings (SSSR count). The summed E-state index contributed by atoms with van der Waals surface area (Å²) in [6.45, 7) is 17.5. The Kier molecular flexibility index (Phi) is 20.9. The van der Waals surface area contributed by atoms with E-state index in [-0.39, 0.29) is 25.2 Å². The van der Waals surface area contributed by atoms with E-state index >= 15 is 0 Å². The summed E-state index contributed by atoms with van der Waals surface area (Å²) < 4.78 is 58.7. The van der Waals surface area contributed by atoms with Crippen molar-refractivity contribution in [3.05, 3.63) is 47.3 Å². The van der Waals surface area contributed by atoms with E-state index in [2.05, 4.69) is 17.0 Å². The van der Waals surface area contributed by atoms with Crippen LogP contribution in [0.3, 0.4) is 0 Å². The summed E-state index contributed by atoms with van der Waals surface area (Å²) in [5, 5.41) is 70.6. The molecular formula is C52H87FN6O13. The number of halogens is 1. The first-order valence-electron chi connectivity index (χ1n) is 25.6. The standard InChI is InChI=1S/C52H87FN6O13/c1-15-40-52(10,65)45(61)33(6)58(12)27-29(2)23-50(8,64)47(31(4)43(32(5)48(63)70-40)71-41-24-51(9,67-14)46(62)34(7)69-41)72-49-42(60)38(22-30(3)68-49)57(11)21-20-37-28-59(56-55-37)39(25-53)44(66-13)36-18-16-35(26-54)17-19-36/h16-19,28-34,38-47,49,55-56,60-62,64-65H,15,20-25,27H2,1-14H3/t29-,30-,31+,32-,33-,34+,38+,39-,40-,41+,42-,43+,44-,45-,46+,47-,49+,50-,51-,52-/m1/s1. The first-order chi connectivity index (χ1) is 33.8. The van der Waals surface area contributed by atoms with Crippen LogP contribution < -0.4 is 11.0 Å². The normalized spacial score (nSPS) is 40.8. The van der Waals surface area contributed by atoms with E-state index in [1.807, 2.05) is 37.7 Å². The molecule has 0 aromatic heterocycles. The van der Waals surface area contributed by atoms with Crippen molar-refractivity contribution in [2.45, 2.75) is 204 Å². The van der Waals surface area contributed by atoms with Crippen molar-refractivity contribution in [3.63, 3.8) is 0 Å². The maximum absolute atomic E-state index is 14.7. The van der Waals surface area contributed by atoms with E-state index in [1.165, 1.54) is 21.1 Å². The third kappa shape index (κ3) is 13.6. The average Bonchev–Trinajstić information content (AvgIpc) is 3.81. The maximum atomic E-state index is 14.7. The van der Waals surface area contributed by atoms with Crippen LogP contribution in [0, 0.1) is 29.1 Å². The molecule has 4 aliphatic rings. The van der Waals surface area contributed by atoms with Crippen LogP contribution in [0.5, 0.6) is 0 Å². The highest BCUT2D eigenvalue weighted by atomic mass is 19.1. The highest BCUT2D eigenvalue weighted by Gasteiger charge is 2.53. The third-order valence-electron chi connectivity index (χ3n) is 16.0. The Morgan fingerprint density at radius 3 is 2.26 bits per heavy atom. The van der Waals surface area contributed by atoms with Crippen molar-refractivity contribution in [2.75, 3.05) is 48.1 Å². The number of methoxy groups -OCH3 is 2. The van der Waals surface area contributed by atoms with Crippen LogP contribution in [0.4, 0.5) is 4.39 Å². The largest absolute Gasteiger partial charge is 0.459 e. The number of hydrazine groups is 2. The second-order valence-electron chi connectivity index (χ2n) is 21.8. The summed E-state index contributed by atoms with van der Waals surface area (Å²) in [7, 11) is 6.73. The van der Waals surface area contributed by atoms with Crippen molar-refractivity contribution in [3.8, 4) is 6.07 Å². The number of carbonyl (C=O) groups is 1. The topological polar surface area (TPSA) is 240 Å². The number of benzene rings is 1. The number of carbonyl (C=O) groups excluding carboxylic acids is 1. The Hall–Kier alpha value is -3.11. The minimum atomic E-state index is -1.85. The second kappa shape index (κ2) is 25.2. The number of ether oxygens (including phenoxy) is 7. The zero-order valence-corrected chi connectivity index (χ0v) is 45.0. The van der Waals surface area contributed by atoms with Crippen LogP contribution >= 0.6 is 0 Å². The molecule has 20 heteroatoms. The van der Waals surface area contributed by atoms with Crippen molar-refractivity contribution < 1.29 is 67.9 Å². The minimum Gasteiger partial charge on any atom is -0.459 e. The smallest absolute Gasteiger partial charge is 0.311 e. The average molecular weight is 1020 g/mol. The monoisotopic (exact) mass is 1020 g/mol. The van der Waals surface area contributed by atoms with Gasteiger partial charge in [0.2, 0.25) is 0 Å². The molecule has 3 saturated heterocycles. The molecule has 72 heavy (non-hydrogen) atoms. The van der Waals surface area contributed by atoms with Crippen molar-refractivity contribution in [1.29, 1.82) is 5.26 Å². The number of alkyl halides is 1. The van der Waals surface area contributed by atoms with Gasteiger partial charge in [0.05, 0.1) is 53.2 Å². The lowest BCUT2D eigenvalue weighted by molar-refractivity contribution is -0.318. The van der Waals surface area contributed by atoms with Crippen molar-refractivity contribution in [1.82, 2.24) is 25.8 Å². The van der Waals surface area contributed by atoms with Crippen LogP contribution in [-0.2, 0) is 38.0 Å². The molecule has 20 atom stereocenters. The number of nitrogens with zero attached hydrogens (tertiary/aromatic N) is 4. The number of rotatable bonds is 15. The maximum Gasteiger partial charge on any atom is 0.311 e. The zero-order valence-electron chi connectivity index (χ0n) is 45.0. The molecule has 0 amide bonds. The molecule has 1 aromatic carbocycles. The van der Waals surface area contributed by atoms with Gasteiger partial charge in [0.1, 0.15) is 48.8 Å². The molecule has 4 heterocycles. The summed E-state index contributed by atoms with van der Waals surface area (Å²) in [4.78, 5) is 18.4. The number of hydrogen-bond acceptors (Lipinski definition) is 19. The predicted molar refractivity (Wildman–Crippen MR) is 265 cm³/mol. The molecule has 0 spiro atoms. The molecule has 0 aliphatic carbocycles. The molecule has 0 bridgehead atoms. The quantitative estimate of drug-likeness (QED) is 0.125. The van der Waals surface area contributed by atoms with Gasteiger partial charge >= 0.3 is 5.97 Å². The lowest BCUT2D eigenvalue weighted by Gasteiger charge is -2.49. The fourth-order valence-electron chi connectivity index (χ4n) is 11.4. The SMILES string of the molecule is CC[C@H]1OC(=O)[C@H](C)[C@@H](O[C@H]2C[C@@](C)(OC)[C@@H](O)[C@H](C)O2)[C@H](C)[C@@H](O[C@@H]2O[C@H](C)C[C@H](N(C)CCC3=CN([C@H](CF)[C@H](OC)c4ccc(C#N)cc4)NN3)[C@H]2O)[C@](C)(O)C[C@@H](C)CN(C)[C@H](C)[C@@H](O)[C@]1(C)O. The highest BCUT2D eigenvalue weighted by molar-refractivity contribution is 5.73. The highest BCUT2D eigenvalue weighted by Crippen LogP contribution is 2.40. The summed E-state index contributed by atoms with van der Waals surface area (Å²) in [6, 6.07) is 7.14. The summed E-state index contributed by atoms with van der Waals surface area (Å²) in [6.07, 6.45) is -7.79. The fourth-order valence-corrected chi connectivity index (χ4v) is 11.4. The van der Waals surface area contributed by atoms with Gasteiger partial charge in [0.25, 0.3) is 0 Å². The Balaban J connectivity index is 1.44.